The zero-order valence-corrected chi connectivity index (χ0v) is 20.9. The average molecular weight is 507 g/mol. The lowest BCUT2D eigenvalue weighted by atomic mass is 10.0. The molecule has 2 N–H and O–H groups in total. The van der Waals surface area contributed by atoms with Crippen LogP contribution in [-0.2, 0) is 19.6 Å². The third kappa shape index (κ3) is 5.45. The second-order valence-corrected chi connectivity index (χ2v) is 9.64. The molecule has 36 heavy (non-hydrogen) atoms. The molecule has 0 atom stereocenters. The summed E-state index contributed by atoms with van der Waals surface area (Å²) in [7, 11) is -2.35. The smallest absolute Gasteiger partial charge is 0.321 e. The van der Waals surface area contributed by atoms with Gasteiger partial charge < -0.3 is 14.8 Å². The van der Waals surface area contributed by atoms with Crippen molar-refractivity contribution in [2.24, 2.45) is 0 Å². The maximum Gasteiger partial charge on any atom is 0.321 e. The monoisotopic (exact) mass is 506 g/mol. The van der Waals surface area contributed by atoms with Crippen LogP contribution in [0.3, 0.4) is 0 Å². The van der Waals surface area contributed by atoms with Crippen molar-refractivity contribution in [1.82, 2.24) is 14.9 Å². The number of aromatic nitrogens is 2. The van der Waals surface area contributed by atoms with Crippen LogP contribution in [0.1, 0.15) is 12.5 Å². The zero-order chi connectivity index (χ0) is 25.7. The Morgan fingerprint density at radius 3 is 2.39 bits per heavy atom. The number of esters is 1. The SMILES string of the molecule is CCOC(=O)CNS(=O)(=O)c1cc(-c2nnc(Nc3ccc(OC)cc3)c3ccccc23)ccc1C. The van der Waals surface area contributed by atoms with Crippen LogP contribution in [0.5, 0.6) is 5.75 Å². The molecule has 3 aromatic carbocycles. The summed E-state index contributed by atoms with van der Waals surface area (Å²) < 4.78 is 38.2. The molecule has 10 heteroatoms. The highest BCUT2D eigenvalue weighted by atomic mass is 32.2. The van der Waals surface area contributed by atoms with Crippen molar-refractivity contribution in [1.29, 1.82) is 0 Å². The van der Waals surface area contributed by atoms with Gasteiger partial charge in [0, 0.05) is 22.0 Å². The van der Waals surface area contributed by atoms with Crippen molar-refractivity contribution in [3.05, 3.63) is 72.3 Å². The lowest BCUT2D eigenvalue weighted by molar-refractivity contribution is -0.141. The summed E-state index contributed by atoms with van der Waals surface area (Å²) in [5.74, 6) is 0.663. The molecular formula is C26H26N4O5S. The van der Waals surface area contributed by atoms with Crippen LogP contribution < -0.4 is 14.8 Å². The number of fused-ring (bicyclic) bond motifs is 1. The molecule has 0 saturated heterocycles. The van der Waals surface area contributed by atoms with Gasteiger partial charge in [-0.05, 0) is 49.7 Å². The Labute approximate surface area is 209 Å². The van der Waals surface area contributed by atoms with Crippen molar-refractivity contribution < 1.29 is 22.7 Å². The van der Waals surface area contributed by atoms with E-state index in [1.807, 2.05) is 48.5 Å². The van der Waals surface area contributed by atoms with E-state index < -0.39 is 22.5 Å². The van der Waals surface area contributed by atoms with Crippen molar-refractivity contribution >= 4 is 38.3 Å². The summed E-state index contributed by atoms with van der Waals surface area (Å²) in [5.41, 5.74) is 2.47. The van der Waals surface area contributed by atoms with E-state index in [1.54, 1.807) is 33.1 Å². The third-order valence-electron chi connectivity index (χ3n) is 5.50. The Bertz CT molecular complexity index is 1510. The first-order valence-corrected chi connectivity index (χ1v) is 12.7. The fourth-order valence-electron chi connectivity index (χ4n) is 3.70. The van der Waals surface area contributed by atoms with Gasteiger partial charge in [-0.1, -0.05) is 36.4 Å². The van der Waals surface area contributed by atoms with Gasteiger partial charge in [-0.15, -0.1) is 10.2 Å². The minimum atomic E-state index is -3.96. The number of nitrogens with one attached hydrogen (secondary N) is 2. The fourth-order valence-corrected chi connectivity index (χ4v) is 4.94. The van der Waals surface area contributed by atoms with Crippen molar-refractivity contribution in [3.63, 3.8) is 0 Å². The van der Waals surface area contributed by atoms with Gasteiger partial charge in [0.15, 0.2) is 5.82 Å². The molecule has 4 rings (SSSR count). The molecule has 0 aliphatic carbocycles. The number of carbonyl (C=O) groups is 1. The van der Waals surface area contributed by atoms with E-state index in [-0.39, 0.29) is 11.5 Å². The van der Waals surface area contributed by atoms with Gasteiger partial charge in [0.25, 0.3) is 0 Å². The molecule has 0 amide bonds. The topological polar surface area (TPSA) is 120 Å². The minimum Gasteiger partial charge on any atom is -0.497 e. The Morgan fingerprint density at radius 2 is 1.69 bits per heavy atom. The molecule has 186 valence electrons. The minimum absolute atomic E-state index is 0.0515. The molecule has 9 nitrogen and oxygen atoms in total. The Morgan fingerprint density at radius 1 is 0.972 bits per heavy atom. The molecule has 0 radical (unpaired) electrons. The maximum atomic E-state index is 12.9. The van der Waals surface area contributed by atoms with Gasteiger partial charge in [-0.3, -0.25) is 4.79 Å². The van der Waals surface area contributed by atoms with Crippen molar-refractivity contribution in [3.8, 4) is 17.0 Å². The van der Waals surface area contributed by atoms with Crippen LogP contribution >= 0.6 is 0 Å². The first kappa shape index (κ1) is 25.1. The largest absolute Gasteiger partial charge is 0.497 e. The average Bonchev–Trinajstić information content (AvgIpc) is 2.89. The molecule has 0 aliphatic heterocycles. The van der Waals surface area contributed by atoms with E-state index in [9.17, 15) is 13.2 Å². The van der Waals surface area contributed by atoms with E-state index in [4.69, 9.17) is 9.47 Å². The summed E-state index contributed by atoms with van der Waals surface area (Å²) in [6, 6.07) is 20.1. The predicted molar refractivity (Wildman–Crippen MR) is 138 cm³/mol. The van der Waals surface area contributed by atoms with Crippen LogP contribution in [0.2, 0.25) is 0 Å². The van der Waals surface area contributed by atoms with Crippen molar-refractivity contribution in [2.75, 3.05) is 25.6 Å². The van der Waals surface area contributed by atoms with Gasteiger partial charge in [-0.2, -0.15) is 4.72 Å². The number of hydrogen-bond acceptors (Lipinski definition) is 8. The summed E-state index contributed by atoms with van der Waals surface area (Å²) in [5, 5.41) is 13.7. The molecule has 1 aromatic heterocycles. The van der Waals surface area contributed by atoms with Crippen LogP contribution in [-0.4, -0.2) is 44.8 Å². The van der Waals surface area contributed by atoms with Gasteiger partial charge in [0.2, 0.25) is 10.0 Å². The Kier molecular flexibility index (Phi) is 7.47. The van der Waals surface area contributed by atoms with Gasteiger partial charge >= 0.3 is 5.97 Å². The summed E-state index contributed by atoms with van der Waals surface area (Å²) in [6.45, 7) is 3.07. The third-order valence-corrected chi connectivity index (χ3v) is 7.05. The van der Waals surface area contributed by atoms with E-state index in [1.165, 1.54) is 6.07 Å². The van der Waals surface area contributed by atoms with Gasteiger partial charge in [-0.25, -0.2) is 8.42 Å². The van der Waals surface area contributed by atoms with Crippen LogP contribution in [0.25, 0.3) is 22.0 Å². The first-order valence-electron chi connectivity index (χ1n) is 11.2. The lowest BCUT2D eigenvalue weighted by Gasteiger charge is -2.13. The highest BCUT2D eigenvalue weighted by Crippen LogP contribution is 2.33. The highest BCUT2D eigenvalue weighted by Gasteiger charge is 2.20. The number of anilines is 2. The Balaban J connectivity index is 1.70. The predicted octanol–water partition coefficient (Wildman–Crippen LogP) is 4.20. The number of sulfonamides is 1. The van der Waals surface area contributed by atoms with Gasteiger partial charge in [0.05, 0.1) is 18.6 Å². The standard InChI is InChI=1S/C26H26N4O5S/c1-4-35-24(31)16-27-36(32,33)23-15-18(10-9-17(23)2)25-21-7-5-6-8-22(21)26(30-29-25)28-19-11-13-20(34-3)14-12-19/h5-15,27H,4,16H2,1-3H3,(H,28,30). The van der Waals surface area contributed by atoms with Crippen LogP contribution in [0, 0.1) is 6.92 Å². The first-order chi connectivity index (χ1) is 17.3. The summed E-state index contributed by atoms with van der Waals surface area (Å²) in [6.07, 6.45) is 0. The zero-order valence-electron chi connectivity index (χ0n) is 20.1. The molecule has 0 saturated carbocycles. The molecular weight excluding hydrogens is 480 g/mol. The summed E-state index contributed by atoms with van der Waals surface area (Å²) in [4.78, 5) is 11.7. The number of benzene rings is 3. The number of carbonyl (C=O) groups excluding carboxylic acids is 1. The molecule has 0 aliphatic rings. The van der Waals surface area contributed by atoms with Crippen LogP contribution in [0.15, 0.2) is 71.6 Å². The fraction of sp³-hybridized carbons (Fsp3) is 0.192. The summed E-state index contributed by atoms with van der Waals surface area (Å²) >= 11 is 0. The van der Waals surface area contributed by atoms with Crippen LogP contribution in [0.4, 0.5) is 11.5 Å². The van der Waals surface area contributed by atoms with E-state index in [0.717, 1.165) is 22.2 Å². The van der Waals surface area contributed by atoms with Crippen molar-refractivity contribution in [2.45, 2.75) is 18.7 Å². The lowest BCUT2D eigenvalue weighted by Crippen LogP contribution is -2.31. The number of rotatable bonds is 9. The molecule has 0 spiro atoms. The molecule has 0 bridgehead atoms. The number of ether oxygens (including phenoxy) is 2. The molecule has 0 fully saturated rings. The van der Waals surface area contributed by atoms with Gasteiger partial charge in [0.1, 0.15) is 18.0 Å². The number of nitrogens with zero attached hydrogens (tertiary/aromatic N) is 2. The molecule has 0 unspecified atom stereocenters. The maximum absolute atomic E-state index is 12.9. The molecule has 4 aromatic rings. The molecule has 1 heterocycles. The number of aryl methyl sites for hydroxylation is 1. The Hall–Kier alpha value is -4.02. The van der Waals surface area contributed by atoms with E-state index >= 15 is 0 Å². The number of hydrogen-bond donors (Lipinski definition) is 2. The normalized spacial score (nSPS) is 11.3. The van der Waals surface area contributed by atoms with E-state index in [2.05, 4.69) is 20.2 Å². The quantitative estimate of drug-likeness (QED) is 0.324. The highest BCUT2D eigenvalue weighted by molar-refractivity contribution is 7.89. The second kappa shape index (κ2) is 10.7. The van der Waals surface area contributed by atoms with E-state index in [0.29, 0.717) is 22.6 Å². The number of methoxy groups -OCH3 is 1. The second-order valence-electron chi connectivity index (χ2n) is 7.91.